The summed E-state index contributed by atoms with van der Waals surface area (Å²) in [7, 11) is 0. The molecule has 1 amide bonds. The molecule has 0 atom stereocenters. The molecule has 4 heteroatoms. The third-order valence-corrected chi connectivity index (χ3v) is 3.72. The summed E-state index contributed by atoms with van der Waals surface area (Å²) in [6.45, 7) is 2.87. The van der Waals surface area contributed by atoms with Gasteiger partial charge >= 0.3 is 0 Å². The summed E-state index contributed by atoms with van der Waals surface area (Å²) >= 11 is 1.68. The molecule has 3 nitrogen and oxygen atoms in total. The van der Waals surface area contributed by atoms with Crippen molar-refractivity contribution >= 4 is 17.2 Å². The Balaban J connectivity index is 2.09. The van der Waals surface area contributed by atoms with E-state index in [1.807, 2.05) is 37.3 Å². The monoisotopic (exact) mass is 284 g/mol. The summed E-state index contributed by atoms with van der Waals surface area (Å²) in [4.78, 5) is 14.6. The van der Waals surface area contributed by atoms with Crippen molar-refractivity contribution < 1.29 is 4.79 Å². The Morgan fingerprint density at radius 1 is 1.30 bits per heavy atom. The Hall–Kier alpha value is -2.09. The number of rotatable bonds is 3. The van der Waals surface area contributed by atoms with E-state index < -0.39 is 0 Å². The average Bonchev–Trinajstić information content (AvgIpc) is 2.88. The molecule has 1 heterocycles. The van der Waals surface area contributed by atoms with Gasteiger partial charge in [0.2, 0.25) is 0 Å². The van der Waals surface area contributed by atoms with Crippen molar-refractivity contribution in [3.8, 4) is 11.8 Å². The van der Waals surface area contributed by atoms with Crippen molar-refractivity contribution in [3.05, 3.63) is 57.3 Å². The van der Waals surface area contributed by atoms with Crippen molar-refractivity contribution in [1.82, 2.24) is 5.32 Å². The van der Waals surface area contributed by atoms with Crippen LogP contribution in [0.3, 0.4) is 0 Å². The van der Waals surface area contributed by atoms with Gasteiger partial charge in [-0.2, -0.15) is 0 Å². The standard InChI is InChI=1S/C16H16N2OS/c1-12-8-9-14(20-12)11-18-16(19)15-7-3-2-5-13(15)6-4-10-17/h2-3,5,7-9H,10-11,17H2,1H3,(H,18,19). The first-order valence-corrected chi connectivity index (χ1v) is 7.14. The maximum atomic E-state index is 12.2. The van der Waals surface area contributed by atoms with Crippen LogP contribution in [-0.2, 0) is 6.54 Å². The average molecular weight is 284 g/mol. The van der Waals surface area contributed by atoms with Gasteiger partial charge in [0.15, 0.2) is 0 Å². The molecule has 0 aliphatic rings. The zero-order valence-corrected chi connectivity index (χ0v) is 12.1. The number of carbonyl (C=O) groups excluding carboxylic acids is 1. The largest absolute Gasteiger partial charge is 0.347 e. The lowest BCUT2D eigenvalue weighted by Gasteiger charge is -2.05. The first-order chi connectivity index (χ1) is 9.70. The topological polar surface area (TPSA) is 55.1 Å². The van der Waals surface area contributed by atoms with Gasteiger partial charge in [0.05, 0.1) is 18.7 Å². The second-order valence-corrected chi connectivity index (χ2v) is 5.62. The van der Waals surface area contributed by atoms with Crippen LogP contribution in [0.25, 0.3) is 0 Å². The van der Waals surface area contributed by atoms with Crippen LogP contribution < -0.4 is 11.1 Å². The SMILES string of the molecule is Cc1ccc(CNC(=O)c2ccccc2C#CCN)s1. The minimum atomic E-state index is -0.113. The summed E-state index contributed by atoms with van der Waals surface area (Å²) in [5, 5.41) is 2.92. The highest BCUT2D eigenvalue weighted by molar-refractivity contribution is 7.11. The van der Waals surface area contributed by atoms with Gasteiger partial charge in [0.1, 0.15) is 0 Å². The molecule has 0 spiro atoms. The van der Waals surface area contributed by atoms with E-state index in [9.17, 15) is 4.79 Å². The highest BCUT2D eigenvalue weighted by atomic mass is 32.1. The highest BCUT2D eigenvalue weighted by Crippen LogP contribution is 2.15. The Bertz CT molecular complexity index is 664. The Morgan fingerprint density at radius 3 is 2.80 bits per heavy atom. The molecule has 102 valence electrons. The molecular weight excluding hydrogens is 268 g/mol. The fourth-order valence-corrected chi connectivity index (χ4v) is 2.61. The lowest BCUT2D eigenvalue weighted by molar-refractivity contribution is 0.0951. The molecule has 0 bridgehead atoms. The molecule has 1 aromatic heterocycles. The van der Waals surface area contributed by atoms with Crippen LogP contribution in [0.15, 0.2) is 36.4 Å². The van der Waals surface area contributed by atoms with E-state index in [0.717, 1.165) is 4.88 Å². The molecule has 0 radical (unpaired) electrons. The summed E-state index contributed by atoms with van der Waals surface area (Å²) in [6.07, 6.45) is 0. The predicted molar refractivity (Wildman–Crippen MR) is 82.6 cm³/mol. The summed E-state index contributed by atoms with van der Waals surface area (Å²) in [5.74, 6) is 5.59. The van der Waals surface area contributed by atoms with Crippen molar-refractivity contribution in [3.63, 3.8) is 0 Å². The van der Waals surface area contributed by atoms with Crippen LogP contribution in [0.1, 0.15) is 25.7 Å². The molecular formula is C16H16N2OS. The molecule has 0 aliphatic carbocycles. The Labute approximate surface area is 122 Å². The molecule has 0 saturated carbocycles. The van der Waals surface area contributed by atoms with Crippen LogP contribution in [0.4, 0.5) is 0 Å². The van der Waals surface area contributed by atoms with Gasteiger partial charge in [-0.05, 0) is 31.2 Å². The predicted octanol–water partition coefficient (Wildman–Crippen LogP) is 2.30. The minimum absolute atomic E-state index is 0.113. The van der Waals surface area contributed by atoms with Crippen molar-refractivity contribution in [1.29, 1.82) is 0 Å². The quantitative estimate of drug-likeness (QED) is 0.850. The second kappa shape index (κ2) is 6.90. The molecule has 2 aromatic rings. The number of hydrogen-bond acceptors (Lipinski definition) is 3. The summed E-state index contributed by atoms with van der Waals surface area (Å²) in [6, 6.07) is 11.4. The number of nitrogens with one attached hydrogen (secondary N) is 1. The maximum Gasteiger partial charge on any atom is 0.252 e. The molecule has 1 aromatic carbocycles. The third-order valence-electron chi connectivity index (χ3n) is 2.72. The van der Waals surface area contributed by atoms with E-state index in [1.54, 1.807) is 17.4 Å². The van der Waals surface area contributed by atoms with Crippen molar-refractivity contribution in [2.75, 3.05) is 6.54 Å². The van der Waals surface area contributed by atoms with E-state index >= 15 is 0 Å². The third kappa shape index (κ3) is 3.70. The van der Waals surface area contributed by atoms with E-state index in [1.165, 1.54) is 4.88 Å². The Morgan fingerprint density at radius 2 is 2.10 bits per heavy atom. The highest BCUT2D eigenvalue weighted by Gasteiger charge is 2.09. The zero-order valence-electron chi connectivity index (χ0n) is 11.3. The molecule has 0 aliphatic heterocycles. The minimum Gasteiger partial charge on any atom is -0.347 e. The smallest absolute Gasteiger partial charge is 0.252 e. The molecule has 20 heavy (non-hydrogen) atoms. The van der Waals surface area contributed by atoms with E-state index in [4.69, 9.17) is 5.73 Å². The fourth-order valence-electron chi connectivity index (χ4n) is 1.78. The first-order valence-electron chi connectivity index (χ1n) is 6.32. The number of amides is 1. The van der Waals surface area contributed by atoms with Crippen LogP contribution in [0, 0.1) is 18.8 Å². The zero-order chi connectivity index (χ0) is 14.4. The van der Waals surface area contributed by atoms with Gasteiger partial charge in [-0.1, -0.05) is 24.0 Å². The number of benzene rings is 1. The lowest BCUT2D eigenvalue weighted by Crippen LogP contribution is -2.23. The summed E-state index contributed by atoms with van der Waals surface area (Å²) in [5.41, 5.74) is 6.66. The van der Waals surface area contributed by atoms with Gasteiger partial charge in [0, 0.05) is 15.3 Å². The number of carbonyl (C=O) groups is 1. The number of thiophene rings is 1. The lowest BCUT2D eigenvalue weighted by atomic mass is 10.1. The van der Waals surface area contributed by atoms with Gasteiger partial charge in [-0.3, -0.25) is 4.79 Å². The Kier molecular flexibility index (Phi) is 4.94. The van der Waals surface area contributed by atoms with Crippen LogP contribution >= 0.6 is 11.3 Å². The summed E-state index contributed by atoms with van der Waals surface area (Å²) < 4.78 is 0. The molecule has 0 saturated heterocycles. The fraction of sp³-hybridized carbons (Fsp3) is 0.188. The van der Waals surface area contributed by atoms with E-state index in [2.05, 4.69) is 17.2 Å². The van der Waals surface area contributed by atoms with Crippen LogP contribution in [-0.4, -0.2) is 12.5 Å². The van der Waals surface area contributed by atoms with Crippen LogP contribution in [0.5, 0.6) is 0 Å². The van der Waals surface area contributed by atoms with Crippen LogP contribution in [0.2, 0.25) is 0 Å². The molecule has 2 rings (SSSR count). The molecule has 3 N–H and O–H groups in total. The van der Waals surface area contributed by atoms with Gasteiger partial charge < -0.3 is 11.1 Å². The van der Waals surface area contributed by atoms with E-state index in [0.29, 0.717) is 17.7 Å². The maximum absolute atomic E-state index is 12.2. The molecule has 0 unspecified atom stereocenters. The first kappa shape index (κ1) is 14.3. The number of nitrogens with two attached hydrogens (primary N) is 1. The number of hydrogen-bond donors (Lipinski definition) is 2. The van der Waals surface area contributed by atoms with Gasteiger partial charge in [0.25, 0.3) is 5.91 Å². The van der Waals surface area contributed by atoms with Crippen molar-refractivity contribution in [2.45, 2.75) is 13.5 Å². The normalized spacial score (nSPS) is 9.70. The van der Waals surface area contributed by atoms with Gasteiger partial charge in [-0.25, -0.2) is 0 Å². The number of aryl methyl sites for hydroxylation is 1. The van der Waals surface area contributed by atoms with Crippen molar-refractivity contribution in [2.24, 2.45) is 5.73 Å². The van der Waals surface area contributed by atoms with Gasteiger partial charge in [-0.15, -0.1) is 11.3 Å². The molecule has 0 fully saturated rings. The van der Waals surface area contributed by atoms with E-state index in [-0.39, 0.29) is 12.5 Å². The second-order valence-electron chi connectivity index (χ2n) is 4.25.